The van der Waals surface area contributed by atoms with Crippen molar-refractivity contribution in [1.29, 1.82) is 0 Å². The van der Waals surface area contributed by atoms with E-state index in [1.54, 1.807) is 19.2 Å². The van der Waals surface area contributed by atoms with Gasteiger partial charge in [-0.15, -0.1) is 0 Å². The Morgan fingerprint density at radius 2 is 1.73 bits per heavy atom. The maximum Gasteiger partial charge on any atom is 0.332 e. The molecule has 3 heterocycles. The van der Waals surface area contributed by atoms with Gasteiger partial charge in [-0.05, 0) is 44.4 Å². The second-order valence-electron chi connectivity index (χ2n) is 8.26. The van der Waals surface area contributed by atoms with Crippen molar-refractivity contribution < 1.29 is 0 Å². The van der Waals surface area contributed by atoms with Crippen molar-refractivity contribution in [1.82, 2.24) is 23.1 Å². The van der Waals surface area contributed by atoms with Gasteiger partial charge in [-0.25, -0.2) is 4.79 Å². The van der Waals surface area contributed by atoms with E-state index < -0.39 is 0 Å². The molecule has 1 saturated carbocycles. The van der Waals surface area contributed by atoms with Crippen LogP contribution in [-0.2, 0) is 13.6 Å². The largest absolute Gasteiger partial charge is 0.332 e. The number of hydrogen-bond acceptors (Lipinski definition) is 3. The zero-order valence-electron chi connectivity index (χ0n) is 17.4. The first-order valence-corrected chi connectivity index (χ1v) is 10.7. The van der Waals surface area contributed by atoms with Crippen LogP contribution in [0.2, 0.25) is 5.02 Å². The summed E-state index contributed by atoms with van der Waals surface area (Å²) in [5.74, 6) is 0.753. The van der Waals surface area contributed by atoms with E-state index in [0.717, 1.165) is 35.6 Å². The molecule has 1 aliphatic carbocycles. The lowest BCUT2D eigenvalue weighted by molar-refractivity contribution is 0.520. The molecule has 0 amide bonds. The molecule has 1 aromatic carbocycles. The predicted octanol–water partition coefficient (Wildman–Crippen LogP) is 3.58. The maximum atomic E-state index is 13.5. The highest BCUT2D eigenvalue weighted by Crippen LogP contribution is 2.34. The fourth-order valence-electron chi connectivity index (χ4n) is 4.79. The van der Waals surface area contributed by atoms with E-state index >= 15 is 0 Å². The molecular formula is C22H24ClN5O2. The summed E-state index contributed by atoms with van der Waals surface area (Å²) in [6.45, 7) is 4.29. The number of aryl methyl sites for hydroxylation is 2. The highest BCUT2D eigenvalue weighted by Gasteiger charge is 2.27. The third kappa shape index (κ3) is 2.68. The third-order valence-electron chi connectivity index (χ3n) is 6.50. The van der Waals surface area contributed by atoms with Gasteiger partial charge >= 0.3 is 5.69 Å². The maximum absolute atomic E-state index is 13.5. The fraction of sp³-hybridized carbons (Fsp3) is 0.409. The first-order chi connectivity index (χ1) is 14.4. The van der Waals surface area contributed by atoms with Crippen molar-refractivity contribution in [2.24, 2.45) is 7.05 Å². The van der Waals surface area contributed by atoms with E-state index in [1.807, 2.05) is 23.5 Å². The van der Waals surface area contributed by atoms with Crippen LogP contribution in [0.3, 0.4) is 0 Å². The summed E-state index contributed by atoms with van der Waals surface area (Å²) >= 11 is 5.97. The van der Waals surface area contributed by atoms with E-state index in [-0.39, 0.29) is 17.8 Å². The molecule has 0 atom stereocenters. The second kappa shape index (κ2) is 6.87. The van der Waals surface area contributed by atoms with Gasteiger partial charge in [0.15, 0.2) is 11.2 Å². The van der Waals surface area contributed by atoms with Crippen molar-refractivity contribution in [3.63, 3.8) is 0 Å². The van der Waals surface area contributed by atoms with Gasteiger partial charge in [-0.3, -0.25) is 18.3 Å². The van der Waals surface area contributed by atoms with Crippen molar-refractivity contribution in [3.8, 4) is 0 Å². The minimum absolute atomic E-state index is 0.188. The predicted molar refractivity (Wildman–Crippen MR) is 118 cm³/mol. The topological polar surface area (TPSA) is 66.2 Å². The molecule has 0 N–H and O–H groups in total. The van der Waals surface area contributed by atoms with Gasteiger partial charge in [0.1, 0.15) is 0 Å². The highest BCUT2D eigenvalue weighted by atomic mass is 35.5. The Balaban J connectivity index is 1.79. The summed E-state index contributed by atoms with van der Waals surface area (Å²) in [4.78, 5) is 31.3. The molecule has 0 saturated heterocycles. The van der Waals surface area contributed by atoms with Crippen molar-refractivity contribution >= 4 is 28.5 Å². The lowest BCUT2D eigenvalue weighted by Crippen LogP contribution is -2.39. The lowest BCUT2D eigenvalue weighted by atomic mass is 10.2. The molecule has 30 heavy (non-hydrogen) atoms. The van der Waals surface area contributed by atoms with E-state index in [9.17, 15) is 9.59 Å². The Bertz CT molecular complexity index is 1400. The average Bonchev–Trinajstić information content (AvgIpc) is 3.43. The molecule has 0 spiro atoms. The monoisotopic (exact) mass is 425 g/mol. The minimum atomic E-state index is -0.370. The Kier molecular flexibility index (Phi) is 4.39. The lowest BCUT2D eigenvalue weighted by Gasteiger charge is -2.13. The number of hydrogen-bond donors (Lipinski definition) is 0. The molecule has 8 heteroatoms. The molecular weight excluding hydrogens is 402 g/mol. The second-order valence-corrected chi connectivity index (χ2v) is 8.69. The third-order valence-corrected chi connectivity index (χ3v) is 6.76. The minimum Gasteiger partial charge on any atom is -0.311 e. The summed E-state index contributed by atoms with van der Waals surface area (Å²) in [5.41, 5.74) is 3.17. The molecule has 3 aromatic heterocycles. The molecule has 5 rings (SSSR count). The van der Waals surface area contributed by atoms with Crippen molar-refractivity contribution in [2.75, 3.05) is 0 Å². The van der Waals surface area contributed by atoms with Crippen LogP contribution >= 0.6 is 11.6 Å². The number of imidazole rings is 2. The first-order valence-electron chi connectivity index (χ1n) is 10.3. The van der Waals surface area contributed by atoms with E-state index in [1.165, 1.54) is 22.0 Å². The van der Waals surface area contributed by atoms with Crippen LogP contribution in [0.15, 0.2) is 33.9 Å². The number of rotatable bonds is 3. The number of nitrogens with zero attached hydrogens (tertiary/aromatic N) is 5. The summed E-state index contributed by atoms with van der Waals surface area (Å²) in [6, 6.07) is 7.58. The van der Waals surface area contributed by atoms with Gasteiger partial charge in [0.05, 0.1) is 6.54 Å². The summed E-state index contributed by atoms with van der Waals surface area (Å²) < 4.78 is 6.95. The SMILES string of the molecule is Cc1c(C)n2c3c(=O)n(Cc4ccc(Cl)cc4)c(=O)n(C)c3nc2n1C1CCCC1. The Labute approximate surface area is 178 Å². The van der Waals surface area contributed by atoms with Crippen LogP contribution in [0.4, 0.5) is 0 Å². The molecule has 0 bridgehead atoms. The zero-order valence-corrected chi connectivity index (χ0v) is 18.1. The van der Waals surface area contributed by atoms with Crippen LogP contribution in [0.5, 0.6) is 0 Å². The van der Waals surface area contributed by atoms with Crippen LogP contribution < -0.4 is 11.2 Å². The van der Waals surface area contributed by atoms with Gasteiger partial charge in [0.2, 0.25) is 5.78 Å². The van der Waals surface area contributed by atoms with E-state index in [4.69, 9.17) is 16.6 Å². The van der Waals surface area contributed by atoms with Crippen molar-refractivity contribution in [3.05, 3.63) is 67.1 Å². The molecule has 7 nitrogen and oxygen atoms in total. The fourth-order valence-corrected chi connectivity index (χ4v) is 4.91. The zero-order chi connectivity index (χ0) is 21.2. The Morgan fingerprint density at radius 1 is 1.07 bits per heavy atom. The van der Waals surface area contributed by atoms with E-state index in [2.05, 4.69) is 11.5 Å². The van der Waals surface area contributed by atoms with Gasteiger partial charge in [-0.2, -0.15) is 4.98 Å². The van der Waals surface area contributed by atoms with Gasteiger partial charge in [0, 0.05) is 29.5 Å². The molecule has 0 aliphatic heterocycles. The number of benzene rings is 1. The standard InChI is InChI=1S/C22H24ClN5O2/c1-13-14(2)28-18-19(24-21(28)27(13)17-6-4-5-7-17)25(3)22(30)26(20(18)29)12-15-8-10-16(23)11-9-15/h8-11,17H,4-7,12H2,1-3H3. The smallest absolute Gasteiger partial charge is 0.311 e. The van der Waals surface area contributed by atoms with Gasteiger partial charge in [0.25, 0.3) is 5.56 Å². The quantitative estimate of drug-likeness (QED) is 0.504. The first kappa shape index (κ1) is 19.2. The van der Waals surface area contributed by atoms with Crippen LogP contribution in [0, 0.1) is 13.8 Å². The van der Waals surface area contributed by atoms with Crippen LogP contribution in [0.1, 0.15) is 48.7 Å². The molecule has 0 radical (unpaired) electrons. The number of aromatic nitrogens is 5. The number of halogens is 1. The van der Waals surface area contributed by atoms with Gasteiger partial charge in [-0.1, -0.05) is 36.6 Å². The average molecular weight is 426 g/mol. The van der Waals surface area contributed by atoms with Crippen LogP contribution in [0.25, 0.3) is 16.9 Å². The normalized spacial score (nSPS) is 15.1. The summed E-state index contributed by atoms with van der Waals surface area (Å²) in [5, 5.41) is 0.617. The molecule has 1 fully saturated rings. The Hall–Kier alpha value is -2.80. The molecule has 156 valence electrons. The van der Waals surface area contributed by atoms with Crippen molar-refractivity contribution in [2.45, 2.75) is 52.1 Å². The number of fused-ring (bicyclic) bond motifs is 3. The summed E-state index contributed by atoms with van der Waals surface area (Å²) in [7, 11) is 1.68. The Morgan fingerprint density at radius 3 is 2.40 bits per heavy atom. The highest BCUT2D eigenvalue weighted by molar-refractivity contribution is 6.30. The molecule has 4 aromatic rings. The van der Waals surface area contributed by atoms with E-state index in [0.29, 0.717) is 22.2 Å². The van der Waals surface area contributed by atoms with Crippen LogP contribution in [-0.4, -0.2) is 23.1 Å². The summed E-state index contributed by atoms with van der Waals surface area (Å²) in [6.07, 6.45) is 4.65. The molecule has 1 aliphatic rings. The molecule has 0 unspecified atom stereocenters. The van der Waals surface area contributed by atoms with Gasteiger partial charge < -0.3 is 4.57 Å².